The molecule has 0 bridgehead atoms. The molecule has 0 spiro atoms. The fraction of sp³-hybridized carbons (Fsp3) is 0.375. The van der Waals surface area contributed by atoms with Gasteiger partial charge < -0.3 is 15.2 Å². The number of amides is 1. The highest BCUT2D eigenvalue weighted by Gasteiger charge is 2.11. The topological polar surface area (TPSA) is 71.5 Å². The molecule has 0 radical (unpaired) electrons. The minimum atomic E-state index is -0.239. The lowest BCUT2D eigenvalue weighted by atomic mass is 10.2. The summed E-state index contributed by atoms with van der Waals surface area (Å²) in [4.78, 5) is 16.3. The number of nitrogens with one attached hydrogen (secondary N) is 1. The average Bonchev–Trinajstić information content (AvgIpc) is 2.96. The lowest BCUT2D eigenvalue weighted by molar-refractivity contribution is -0.121. The summed E-state index contributed by atoms with van der Waals surface area (Å²) in [5, 5.41) is 14.4. The summed E-state index contributed by atoms with van der Waals surface area (Å²) in [5.74, 6) is 0.700. The number of ether oxygens (including phenoxy) is 1. The van der Waals surface area contributed by atoms with Crippen molar-refractivity contribution in [3.63, 3.8) is 0 Å². The van der Waals surface area contributed by atoms with E-state index in [1.807, 2.05) is 36.6 Å². The van der Waals surface area contributed by atoms with Crippen molar-refractivity contribution in [3.8, 4) is 16.3 Å². The zero-order valence-electron chi connectivity index (χ0n) is 12.7. The Morgan fingerprint density at radius 1 is 1.41 bits per heavy atom. The fourth-order valence-electron chi connectivity index (χ4n) is 1.92. The summed E-state index contributed by atoms with van der Waals surface area (Å²) in [6.45, 7) is 4.27. The van der Waals surface area contributed by atoms with Crippen LogP contribution in [0, 0.1) is 0 Å². The fourth-order valence-corrected chi connectivity index (χ4v) is 2.74. The molecule has 0 aliphatic rings. The molecule has 0 aliphatic heterocycles. The molecular weight excluding hydrogens is 300 g/mol. The molecule has 5 nitrogen and oxygen atoms in total. The monoisotopic (exact) mass is 320 g/mol. The minimum Gasteiger partial charge on any atom is -0.494 e. The van der Waals surface area contributed by atoms with E-state index >= 15 is 0 Å². The Morgan fingerprint density at radius 2 is 2.14 bits per heavy atom. The highest BCUT2D eigenvalue weighted by atomic mass is 32.1. The molecule has 118 valence electrons. The normalized spacial score (nSPS) is 12.0. The molecule has 1 heterocycles. The van der Waals surface area contributed by atoms with Crippen LogP contribution in [0.1, 0.15) is 19.5 Å². The molecule has 22 heavy (non-hydrogen) atoms. The Morgan fingerprint density at radius 3 is 2.77 bits per heavy atom. The second-order valence-corrected chi connectivity index (χ2v) is 5.79. The molecule has 6 heteroatoms. The number of aliphatic hydroxyl groups is 1. The number of hydrogen-bond donors (Lipinski definition) is 2. The quantitative estimate of drug-likeness (QED) is 0.821. The predicted octanol–water partition coefficient (Wildman–Crippen LogP) is 2.25. The van der Waals surface area contributed by atoms with Crippen molar-refractivity contribution >= 4 is 17.2 Å². The number of nitrogens with zero attached hydrogens (tertiary/aromatic N) is 1. The molecule has 1 aromatic carbocycles. The number of thiazole rings is 1. The van der Waals surface area contributed by atoms with Gasteiger partial charge in [0.2, 0.25) is 5.91 Å². The van der Waals surface area contributed by atoms with Crippen molar-refractivity contribution < 1.29 is 14.6 Å². The van der Waals surface area contributed by atoms with Crippen LogP contribution >= 0.6 is 11.3 Å². The third kappa shape index (κ3) is 4.54. The lowest BCUT2D eigenvalue weighted by Crippen LogP contribution is -2.36. The van der Waals surface area contributed by atoms with Gasteiger partial charge in [0, 0.05) is 17.0 Å². The molecule has 2 aromatic rings. The second kappa shape index (κ2) is 7.91. The summed E-state index contributed by atoms with van der Waals surface area (Å²) < 4.78 is 5.41. The standard InChI is InChI=1S/C16H20N2O3S/c1-3-21-14-6-4-12(5-7-14)16-18-13(10-22-16)8-15(20)17-11(2)9-19/h4-7,10-11,19H,3,8-9H2,1-2H3,(H,17,20). The highest BCUT2D eigenvalue weighted by molar-refractivity contribution is 7.13. The van der Waals surface area contributed by atoms with Crippen molar-refractivity contribution in [2.75, 3.05) is 13.2 Å². The van der Waals surface area contributed by atoms with Crippen molar-refractivity contribution in [1.29, 1.82) is 0 Å². The van der Waals surface area contributed by atoms with Crippen molar-refractivity contribution in [2.24, 2.45) is 0 Å². The Balaban J connectivity index is 2.00. The summed E-state index contributed by atoms with van der Waals surface area (Å²) >= 11 is 1.51. The first kappa shape index (κ1) is 16.5. The average molecular weight is 320 g/mol. The third-order valence-corrected chi connectivity index (χ3v) is 3.93. The number of aliphatic hydroxyl groups excluding tert-OH is 1. The van der Waals surface area contributed by atoms with Crippen LogP contribution in [-0.2, 0) is 11.2 Å². The molecule has 0 saturated heterocycles. The maximum atomic E-state index is 11.8. The Labute approximate surface area is 134 Å². The molecule has 2 N–H and O–H groups in total. The summed E-state index contributed by atoms with van der Waals surface area (Å²) in [6.07, 6.45) is 0.220. The van der Waals surface area contributed by atoms with Crippen LogP contribution in [0.2, 0.25) is 0 Å². The molecule has 1 unspecified atom stereocenters. The first-order valence-corrected chi connectivity index (χ1v) is 8.08. The second-order valence-electron chi connectivity index (χ2n) is 4.93. The van der Waals surface area contributed by atoms with E-state index in [0.717, 1.165) is 22.0 Å². The van der Waals surface area contributed by atoms with Gasteiger partial charge in [-0.2, -0.15) is 0 Å². The summed E-state index contributed by atoms with van der Waals surface area (Å²) in [6, 6.07) is 7.51. The number of carbonyl (C=O) groups excluding carboxylic acids is 1. The molecular formula is C16H20N2O3S. The maximum Gasteiger partial charge on any atom is 0.226 e. The van der Waals surface area contributed by atoms with E-state index in [-0.39, 0.29) is 25.0 Å². The predicted molar refractivity (Wildman–Crippen MR) is 87.1 cm³/mol. The molecule has 1 amide bonds. The number of carbonyl (C=O) groups is 1. The summed E-state index contributed by atoms with van der Waals surface area (Å²) in [5.41, 5.74) is 1.74. The lowest BCUT2D eigenvalue weighted by Gasteiger charge is -2.09. The van der Waals surface area contributed by atoms with E-state index in [9.17, 15) is 4.79 Å². The highest BCUT2D eigenvalue weighted by Crippen LogP contribution is 2.25. The van der Waals surface area contributed by atoms with Gasteiger partial charge >= 0.3 is 0 Å². The van der Waals surface area contributed by atoms with Crippen LogP contribution < -0.4 is 10.1 Å². The largest absolute Gasteiger partial charge is 0.494 e. The zero-order chi connectivity index (χ0) is 15.9. The molecule has 2 rings (SSSR count). The number of hydrogen-bond acceptors (Lipinski definition) is 5. The zero-order valence-corrected chi connectivity index (χ0v) is 13.5. The van der Waals surface area contributed by atoms with E-state index in [0.29, 0.717) is 6.61 Å². The van der Waals surface area contributed by atoms with Crippen LogP contribution in [0.15, 0.2) is 29.6 Å². The van der Waals surface area contributed by atoms with E-state index in [2.05, 4.69) is 10.3 Å². The van der Waals surface area contributed by atoms with Gasteiger partial charge in [0.05, 0.1) is 25.3 Å². The molecule has 1 aromatic heterocycles. The van der Waals surface area contributed by atoms with Crippen LogP contribution in [0.4, 0.5) is 0 Å². The minimum absolute atomic E-state index is 0.0692. The molecule has 0 aliphatic carbocycles. The Kier molecular flexibility index (Phi) is 5.91. The van der Waals surface area contributed by atoms with Gasteiger partial charge in [0.15, 0.2) is 0 Å². The van der Waals surface area contributed by atoms with Gasteiger partial charge in [0.1, 0.15) is 10.8 Å². The Bertz CT molecular complexity index is 610. The van der Waals surface area contributed by atoms with Gasteiger partial charge in [-0.15, -0.1) is 11.3 Å². The van der Waals surface area contributed by atoms with Gasteiger partial charge in [-0.3, -0.25) is 4.79 Å². The number of aromatic nitrogens is 1. The van der Waals surface area contributed by atoms with Crippen LogP contribution in [-0.4, -0.2) is 35.3 Å². The smallest absolute Gasteiger partial charge is 0.226 e. The number of benzene rings is 1. The van der Waals surface area contributed by atoms with Gasteiger partial charge in [0.25, 0.3) is 0 Å². The SMILES string of the molecule is CCOc1ccc(-c2nc(CC(=O)NC(C)CO)cs2)cc1. The van der Waals surface area contributed by atoms with Crippen LogP contribution in [0.25, 0.3) is 10.6 Å². The van der Waals surface area contributed by atoms with Crippen molar-refractivity contribution in [1.82, 2.24) is 10.3 Å². The first-order valence-electron chi connectivity index (χ1n) is 7.20. The third-order valence-electron chi connectivity index (χ3n) is 2.99. The van der Waals surface area contributed by atoms with Crippen molar-refractivity contribution in [3.05, 3.63) is 35.3 Å². The van der Waals surface area contributed by atoms with Crippen LogP contribution in [0.3, 0.4) is 0 Å². The van der Waals surface area contributed by atoms with Gasteiger partial charge in [-0.05, 0) is 38.1 Å². The molecule has 0 saturated carbocycles. The van der Waals surface area contributed by atoms with E-state index in [1.54, 1.807) is 6.92 Å². The first-order chi connectivity index (χ1) is 10.6. The van der Waals surface area contributed by atoms with E-state index in [1.165, 1.54) is 11.3 Å². The molecule has 0 fully saturated rings. The van der Waals surface area contributed by atoms with Crippen molar-refractivity contribution in [2.45, 2.75) is 26.3 Å². The number of rotatable bonds is 7. The molecule has 1 atom stereocenters. The van der Waals surface area contributed by atoms with Gasteiger partial charge in [-0.1, -0.05) is 0 Å². The van der Waals surface area contributed by atoms with Gasteiger partial charge in [-0.25, -0.2) is 4.98 Å². The van der Waals surface area contributed by atoms with E-state index in [4.69, 9.17) is 9.84 Å². The summed E-state index contributed by atoms with van der Waals surface area (Å²) in [7, 11) is 0. The van der Waals surface area contributed by atoms with E-state index < -0.39 is 0 Å². The maximum absolute atomic E-state index is 11.8. The Hall–Kier alpha value is -1.92. The van der Waals surface area contributed by atoms with Crippen LogP contribution in [0.5, 0.6) is 5.75 Å².